The number of nitrogens with zero attached hydrogens (tertiary/aromatic N) is 3. The number of hydrogen-bond acceptors (Lipinski definition) is 3. The zero-order valence-corrected chi connectivity index (χ0v) is 13.8. The molecule has 4 rings (SSSR count). The molecule has 0 aromatic carbocycles. The van der Waals surface area contributed by atoms with Gasteiger partial charge in [0.05, 0.1) is 6.54 Å². The van der Waals surface area contributed by atoms with Crippen LogP contribution < -0.4 is 5.32 Å². The lowest BCUT2D eigenvalue weighted by Gasteiger charge is -2.64. The number of hydrogen-bond donors (Lipinski definition) is 1. The number of aromatic nitrogens is 2. The van der Waals surface area contributed by atoms with Crippen LogP contribution in [0, 0.1) is 11.3 Å². The number of likely N-dealkylation sites (tertiary alicyclic amines) is 1. The van der Waals surface area contributed by atoms with Crippen molar-refractivity contribution >= 4 is 6.03 Å². The van der Waals surface area contributed by atoms with E-state index in [0.29, 0.717) is 23.9 Å². The van der Waals surface area contributed by atoms with Crippen LogP contribution in [0.5, 0.6) is 0 Å². The van der Waals surface area contributed by atoms with E-state index in [1.807, 2.05) is 17.8 Å². The largest absolute Gasteiger partial charge is 0.381 e. The van der Waals surface area contributed by atoms with Crippen molar-refractivity contribution in [2.45, 2.75) is 44.7 Å². The average Bonchev–Trinajstić information content (AvgIpc) is 2.89. The van der Waals surface area contributed by atoms with Gasteiger partial charge in [0.15, 0.2) is 0 Å². The maximum atomic E-state index is 12.7. The van der Waals surface area contributed by atoms with Crippen molar-refractivity contribution in [3.63, 3.8) is 0 Å². The predicted octanol–water partition coefficient (Wildman–Crippen LogP) is 1.91. The van der Waals surface area contributed by atoms with Gasteiger partial charge in [-0.15, -0.1) is 0 Å². The Labute approximate surface area is 137 Å². The number of aryl methyl sites for hydroxylation is 1. The van der Waals surface area contributed by atoms with E-state index >= 15 is 0 Å². The van der Waals surface area contributed by atoms with Crippen molar-refractivity contribution in [3.8, 4) is 0 Å². The van der Waals surface area contributed by atoms with Crippen molar-refractivity contribution in [2.24, 2.45) is 18.4 Å². The van der Waals surface area contributed by atoms with Crippen LogP contribution in [0.25, 0.3) is 0 Å². The summed E-state index contributed by atoms with van der Waals surface area (Å²) < 4.78 is 7.46. The third kappa shape index (κ3) is 2.53. The molecule has 2 amide bonds. The molecule has 6 nitrogen and oxygen atoms in total. The molecule has 3 heterocycles. The number of carbonyl (C=O) groups is 1. The van der Waals surface area contributed by atoms with Gasteiger partial charge in [-0.25, -0.2) is 9.78 Å². The SMILES string of the molecule is Cn1ccnc1CNC(=O)N1CC2(CCC2)C1C1CCOCC1. The molecule has 2 saturated heterocycles. The number of rotatable bonds is 3. The lowest BCUT2D eigenvalue weighted by molar-refractivity contribution is -0.137. The molecule has 1 aromatic rings. The second-order valence-corrected chi connectivity index (χ2v) is 7.35. The molecule has 2 aliphatic heterocycles. The van der Waals surface area contributed by atoms with E-state index < -0.39 is 0 Å². The Morgan fingerprint density at radius 2 is 2.22 bits per heavy atom. The number of amides is 2. The molecule has 0 radical (unpaired) electrons. The van der Waals surface area contributed by atoms with E-state index in [9.17, 15) is 4.79 Å². The molecule has 3 aliphatic rings. The molecule has 6 heteroatoms. The van der Waals surface area contributed by atoms with Crippen LogP contribution >= 0.6 is 0 Å². The highest BCUT2D eigenvalue weighted by atomic mass is 16.5. The number of carbonyl (C=O) groups excluding carboxylic acids is 1. The maximum Gasteiger partial charge on any atom is 0.318 e. The van der Waals surface area contributed by atoms with Crippen molar-refractivity contribution in [1.82, 2.24) is 19.8 Å². The highest BCUT2D eigenvalue weighted by Gasteiger charge is 2.59. The van der Waals surface area contributed by atoms with Crippen LogP contribution in [0.2, 0.25) is 0 Å². The Bertz CT molecular complexity index is 575. The summed E-state index contributed by atoms with van der Waals surface area (Å²) in [6, 6.07) is 0.489. The summed E-state index contributed by atoms with van der Waals surface area (Å²) in [4.78, 5) is 19.0. The molecule has 23 heavy (non-hydrogen) atoms. The van der Waals surface area contributed by atoms with Gasteiger partial charge >= 0.3 is 6.03 Å². The summed E-state index contributed by atoms with van der Waals surface area (Å²) in [7, 11) is 1.95. The number of ether oxygens (including phenoxy) is 1. The molecule has 1 aromatic heterocycles. The van der Waals surface area contributed by atoms with Gasteiger partial charge in [-0.05, 0) is 31.6 Å². The lowest BCUT2D eigenvalue weighted by Crippen LogP contribution is -2.72. The minimum absolute atomic E-state index is 0.0713. The predicted molar refractivity (Wildman–Crippen MR) is 85.8 cm³/mol. The van der Waals surface area contributed by atoms with Gasteiger partial charge in [0.25, 0.3) is 0 Å². The molecule has 1 N–H and O–H groups in total. The molecule has 1 saturated carbocycles. The Hall–Kier alpha value is -1.56. The van der Waals surface area contributed by atoms with E-state index in [2.05, 4.69) is 15.2 Å². The summed E-state index contributed by atoms with van der Waals surface area (Å²) in [5, 5.41) is 3.06. The molecule has 3 fully saturated rings. The first-order chi connectivity index (χ1) is 11.2. The summed E-state index contributed by atoms with van der Waals surface area (Å²) in [6.45, 7) is 3.12. The van der Waals surface area contributed by atoms with Crippen LogP contribution in [0.4, 0.5) is 4.79 Å². The molecule has 1 aliphatic carbocycles. The molecular weight excluding hydrogens is 292 g/mol. The fourth-order valence-corrected chi connectivity index (χ4v) is 4.64. The summed E-state index contributed by atoms with van der Waals surface area (Å²) in [6.07, 6.45) is 9.75. The normalized spacial score (nSPS) is 26.7. The summed E-state index contributed by atoms with van der Waals surface area (Å²) in [5.41, 5.74) is 0.419. The zero-order valence-electron chi connectivity index (χ0n) is 13.8. The highest BCUT2D eigenvalue weighted by molar-refractivity contribution is 5.76. The van der Waals surface area contributed by atoms with E-state index in [0.717, 1.165) is 38.4 Å². The zero-order chi connectivity index (χ0) is 15.9. The monoisotopic (exact) mass is 318 g/mol. The molecule has 1 unspecified atom stereocenters. The highest BCUT2D eigenvalue weighted by Crippen LogP contribution is 2.56. The van der Waals surface area contributed by atoms with Gasteiger partial charge in [0.1, 0.15) is 5.82 Å². The van der Waals surface area contributed by atoms with E-state index in [1.165, 1.54) is 19.3 Å². The van der Waals surface area contributed by atoms with Gasteiger partial charge in [0, 0.05) is 50.7 Å². The topological polar surface area (TPSA) is 59.4 Å². The van der Waals surface area contributed by atoms with Crippen LogP contribution in [0.3, 0.4) is 0 Å². The van der Waals surface area contributed by atoms with Crippen molar-refractivity contribution in [3.05, 3.63) is 18.2 Å². The second-order valence-electron chi connectivity index (χ2n) is 7.35. The summed E-state index contributed by atoms with van der Waals surface area (Å²) >= 11 is 0. The van der Waals surface area contributed by atoms with Gasteiger partial charge in [-0.2, -0.15) is 0 Å². The van der Waals surface area contributed by atoms with E-state index in [-0.39, 0.29) is 6.03 Å². The Kier molecular flexibility index (Phi) is 3.79. The quantitative estimate of drug-likeness (QED) is 0.926. The second kappa shape index (κ2) is 5.82. The summed E-state index contributed by atoms with van der Waals surface area (Å²) in [5.74, 6) is 1.50. The smallest absolute Gasteiger partial charge is 0.318 e. The van der Waals surface area contributed by atoms with Crippen LogP contribution in [-0.2, 0) is 18.3 Å². The Morgan fingerprint density at radius 1 is 1.43 bits per heavy atom. The average molecular weight is 318 g/mol. The molecule has 1 spiro atoms. The van der Waals surface area contributed by atoms with E-state index in [4.69, 9.17) is 4.74 Å². The van der Waals surface area contributed by atoms with Crippen LogP contribution in [0.15, 0.2) is 12.4 Å². The first-order valence-corrected chi connectivity index (χ1v) is 8.78. The lowest BCUT2D eigenvalue weighted by atomic mass is 9.54. The Balaban J connectivity index is 1.40. The van der Waals surface area contributed by atoms with Crippen LogP contribution in [-0.4, -0.2) is 46.3 Å². The number of nitrogens with one attached hydrogen (secondary N) is 1. The van der Waals surface area contributed by atoms with Gasteiger partial charge in [-0.3, -0.25) is 0 Å². The standard InChI is InChI=1S/C17H26N4O2/c1-20-8-7-18-14(20)11-19-16(22)21-12-17(5-2-6-17)15(21)13-3-9-23-10-4-13/h7-8,13,15H,2-6,9-12H2,1H3,(H,19,22). The minimum Gasteiger partial charge on any atom is -0.381 e. The third-order valence-electron chi connectivity index (χ3n) is 6.09. The van der Waals surface area contributed by atoms with Crippen molar-refractivity contribution < 1.29 is 9.53 Å². The fraction of sp³-hybridized carbons (Fsp3) is 0.765. The molecule has 1 atom stereocenters. The van der Waals surface area contributed by atoms with Gasteiger partial charge in [0.2, 0.25) is 0 Å². The first-order valence-electron chi connectivity index (χ1n) is 8.78. The van der Waals surface area contributed by atoms with Crippen molar-refractivity contribution in [2.75, 3.05) is 19.8 Å². The van der Waals surface area contributed by atoms with Crippen LogP contribution in [0.1, 0.15) is 37.9 Å². The minimum atomic E-state index is 0.0713. The fourth-order valence-electron chi connectivity index (χ4n) is 4.64. The van der Waals surface area contributed by atoms with Gasteiger partial charge < -0.3 is 19.5 Å². The van der Waals surface area contributed by atoms with Gasteiger partial charge in [-0.1, -0.05) is 6.42 Å². The molecule has 0 bridgehead atoms. The molecule has 126 valence electrons. The maximum absolute atomic E-state index is 12.7. The first kappa shape index (κ1) is 15.0. The van der Waals surface area contributed by atoms with E-state index in [1.54, 1.807) is 6.20 Å². The number of urea groups is 1. The molecular formula is C17H26N4O2. The Morgan fingerprint density at radius 3 is 2.83 bits per heavy atom. The number of imidazole rings is 1. The third-order valence-corrected chi connectivity index (χ3v) is 6.09. The van der Waals surface area contributed by atoms with Crippen molar-refractivity contribution in [1.29, 1.82) is 0 Å².